The molecule has 9 nitrogen and oxygen atoms in total. The summed E-state index contributed by atoms with van der Waals surface area (Å²) in [7, 11) is 0. The fraction of sp³-hybridized carbons (Fsp3) is 0.286. The Morgan fingerprint density at radius 3 is 2.87 bits per heavy atom. The van der Waals surface area contributed by atoms with Gasteiger partial charge in [-0.15, -0.1) is 10.2 Å². The van der Waals surface area contributed by atoms with E-state index in [-0.39, 0.29) is 5.91 Å². The van der Waals surface area contributed by atoms with Gasteiger partial charge in [-0.25, -0.2) is 9.67 Å². The predicted octanol–water partition coefficient (Wildman–Crippen LogP) is 3.64. The Labute approximate surface area is 172 Å². The third-order valence-corrected chi connectivity index (χ3v) is 4.98. The summed E-state index contributed by atoms with van der Waals surface area (Å²) in [5, 5.41) is 15.3. The Kier molecular flexibility index (Phi) is 4.42. The van der Waals surface area contributed by atoms with Gasteiger partial charge in [-0.2, -0.15) is 5.10 Å². The van der Waals surface area contributed by atoms with Crippen molar-refractivity contribution >= 4 is 22.7 Å². The minimum absolute atomic E-state index is 0.261. The molecule has 0 spiro atoms. The number of aromatic nitrogens is 5. The molecule has 152 valence electrons. The zero-order chi connectivity index (χ0) is 20.7. The van der Waals surface area contributed by atoms with Crippen molar-refractivity contribution in [1.29, 1.82) is 0 Å². The van der Waals surface area contributed by atoms with Crippen LogP contribution in [0.15, 0.2) is 40.9 Å². The van der Waals surface area contributed by atoms with Crippen molar-refractivity contribution < 1.29 is 13.9 Å². The van der Waals surface area contributed by atoms with Crippen LogP contribution in [0, 0.1) is 6.92 Å². The average molecular weight is 404 g/mol. The summed E-state index contributed by atoms with van der Waals surface area (Å²) in [4.78, 5) is 17.4. The average Bonchev–Trinajstić information content (AvgIpc) is 3.40. The van der Waals surface area contributed by atoms with Crippen molar-refractivity contribution in [2.75, 3.05) is 11.9 Å². The lowest BCUT2D eigenvalue weighted by Crippen LogP contribution is -2.13. The number of rotatable bonds is 6. The van der Waals surface area contributed by atoms with E-state index in [1.54, 1.807) is 22.9 Å². The first kappa shape index (κ1) is 18.3. The second kappa shape index (κ2) is 7.25. The normalized spacial score (nSPS) is 13.5. The minimum atomic E-state index is -0.261. The first-order valence-electron chi connectivity index (χ1n) is 9.85. The van der Waals surface area contributed by atoms with Crippen LogP contribution in [-0.4, -0.2) is 37.5 Å². The van der Waals surface area contributed by atoms with Gasteiger partial charge in [0.05, 0.1) is 24.1 Å². The molecule has 4 aromatic rings. The molecule has 1 aromatic carbocycles. The molecule has 1 amide bonds. The SMILES string of the molecule is CCOc1ccc(-n2ncc(C(=O)Nc3ccc4oc(C5CC5)nc4c3)c2C)nn1. The fourth-order valence-corrected chi connectivity index (χ4v) is 3.24. The van der Waals surface area contributed by atoms with Crippen LogP contribution < -0.4 is 10.1 Å². The van der Waals surface area contributed by atoms with Gasteiger partial charge in [0.25, 0.3) is 5.91 Å². The van der Waals surface area contributed by atoms with E-state index in [9.17, 15) is 4.79 Å². The number of oxazole rings is 1. The summed E-state index contributed by atoms with van der Waals surface area (Å²) in [6.07, 6.45) is 3.76. The third-order valence-electron chi connectivity index (χ3n) is 4.98. The first-order valence-corrected chi connectivity index (χ1v) is 9.85. The standard InChI is InChI=1S/C21H20N6O3/c1-3-29-19-9-8-18(25-26-19)27-12(2)15(11-22-27)20(28)23-14-6-7-17-16(10-14)24-21(30-17)13-4-5-13/h6-11,13H,3-5H2,1-2H3,(H,23,28). The molecule has 0 radical (unpaired) electrons. The number of nitrogens with one attached hydrogen (secondary N) is 1. The van der Waals surface area contributed by atoms with Gasteiger partial charge in [-0.1, -0.05) is 0 Å². The summed E-state index contributed by atoms with van der Waals surface area (Å²) in [5.41, 5.74) is 3.23. The van der Waals surface area contributed by atoms with Gasteiger partial charge in [-0.3, -0.25) is 4.79 Å². The van der Waals surface area contributed by atoms with Gasteiger partial charge in [0.15, 0.2) is 17.3 Å². The maximum atomic E-state index is 12.8. The summed E-state index contributed by atoms with van der Waals surface area (Å²) >= 11 is 0. The lowest BCUT2D eigenvalue weighted by molar-refractivity contribution is 0.102. The molecular weight excluding hydrogens is 384 g/mol. The number of nitrogens with zero attached hydrogens (tertiary/aromatic N) is 5. The molecule has 3 aromatic heterocycles. The second-order valence-electron chi connectivity index (χ2n) is 7.18. The predicted molar refractivity (Wildman–Crippen MR) is 109 cm³/mol. The van der Waals surface area contributed by atoms with Crippen molar-refractivity contribution in [3.8, 4) is 11.7 Å². The Balaban J connectivity index is 1.35. The van der Waals surface area contributed by atoms with E-state index in [2.05, 4.69) is 25.6 Å². The highest BCUT2D eigenvalue weighted by molar-refractivity contribution is 6.05. The molecule has 3 heterocycles. The third kappa shape index (κ3) is 3.38. The maximum absolute atomic E-state index is 12.8. The molecule has 1 saturated carbocycles. The molecule has 0 aliphatic heterocycles. The molecule has 0 saturated heterocycles. The van der Waals surface area contributed by atoms with Crippen LogP contribution in [0.4, 0.5) is 5.69 Å². The molecule has 30 heavy (non-hydrogen) atoms. The van der Waals surface area contributed by atoms with Crippen molar-refractivity contribution in [3.05, 3.63) is 53.7 Å². The lowest BCUT2D eigenvalue weighted by atomic mass is 10.2. The summed E-state index contributed by atoms with van der Waals surface area (Å²) in [6, 6.07) is 8.92. The molecule has 0 atom stereocenters. The Morgan fingerprint density at radius 1 is 1.27 bits per heavy atom. The van der Waals surface area contributed by atoms with Crippen LogP contribution in [-0.2, 0) is 0 Å². The zero-order valence-electron chi connectivity index (χ0n) is 16.6. The molecular formula is C21H20N6O3. The number of carbonyl (C=O) groups is 1. The lowest BCUT2D eigenvalue weighted by Gasteiger charge is -2.06. The number of fused-ring (bicyclic) bond motifs is 1. The molecule has 9 heteroatoms. The molecule has 1 aliphatic rings. The van der Waals surface area contributed by atoms with Gasteiger partial charge in [0, 0.05) is 17.7 Å². The van der Waals surface area contributed by atoms with E-state index in [1.807, 2.05) is 26.0 Å². The Morgan fingerprint density at radius 2 is 2.13 bits per heavy atom. The highest BCUT2D eigenvalue weighted by Crippen LogP contribution is 2.40. The summed E-state index contributed by atoms with van der Waals surface area (Å²) in [6.45, 7) is 4.20. The van der Waals surface area contributed by atoms with Gasteiger partial charge in [-0.05, 0) is 51.0 Å². The van der Waals surface area contributed by atoms with E-state index in [4.69, 9.17) is 9.15 Å². The highest BCUT2D eigenvalue weighted by atomic mass is 16.5. The van der Waals surface area contributed by atoms with Gasteiger partial charge in [0.2, 0.25) is 5.88 Å². The van der Waals surface area contributed by atoms with E-state index in [0.717, 1.165) is 29.8 Å². The number of amides is 1. The first-order chi connectivity index (χ1) is 14.6. The molecule has 1 fully saturated rings. The van der Waals surface area contributed by atoms with Gasteiger partial charge >= 0.3 is 0 Å². The monoisotopic (exact) mass is 404 g/mol. The smallest absolute Gasteiger partial charge is 0.259 e. The summed E-state index contributed by atoms with van der Waals surface area (Å²) in [5.74, 6) is 1.91. The molecule has 0 unspecified atom stereocenters. The van der Waals surface area contributed by atoms with Crippen LogP contribution in [0.1, 0.15) is 47.6 Å². The Bertz CT molecular complexity index is 1220. The number of benzene rings is 1. The fourth-order valence-electron chi connectivity index (χ4n) is 3.24. The van der Waals surface area contributed by atoms with Crippen LogP contribution in [0.2, 0.25) is 0 Å². The van der Waals surface area contributed by atoms with Crippen molar-refractivity contribution in [2.45, 2.75) is 32.6 Å². The van der Waals surface area contributed by atoms with Gasteiger partial charge in [0.1, 0.15) is 5.52 Å². The van der Waals surface area contributed by atoms with Crippen molar-refractivity contribution in [1.82, 2.24) is 25.0 Å². The van der Waals surface area contributed by atoms with Crippen molar-refractivity contribution in [2.24, 2.45) is 0 Å². The van der Waals surface area contributed by atoms with Crippen LogP contribution in [0.5, 0.6) is 5.88 Å². The van der Waals surface area contributed by atoms with Crippen LogP contribution in [0.25, 0.3) is 16.9 Å². The quantitative estimate of drug-likeness (QED) is 0.523. The van der Waals surface area contributed by atoms with E-state index < -0.39 is 0 Å². The number of anilines is 1. The summed E-state index contributed by atoms with van der Waals surface area (Å²) < 4.78 is 12.6. The molecule has 1 N–H and O–H groups in total. The van der Waals surface area contributed by atoms with Crippen molar-refractivity contribution in [3.63, 3.8) is 0 Å². The van der Waals surface area contributed by atoms with Crippen LogP contribution in [0.3, 0.4) is 0 Å². The number of carbonyl (C=O) groups excluding carboxylic acids is 1. The van der Waals surface area contributed by atoms with E-state index in [1.165, 1.54) is 6.20 Å². The highest BCUT2D eigenvalue weighted by Gasteiger charge is 2.29. The largest absolute Gasteiger partial charge is 0.477 e. The van der Waals surface area contributed by atoms with Crippen LogP contribution >= 0.6 is 0 Å². The molecule has 0 bridgehead atoms. The number of ether oxygens (including phenoxy) is 1. The molecule has 5 rings (SSSR count). The zero-order valence-corrected chi connectivity index (χ0v) is 16.6. The minimum Gasteiger partial charge on any atom is -0.477 e. The Hall–Kier alpha value is -3.75. The maximum Gasteiger partial charge on any atom is 0.259 e. The molecule has 1 aliphatic carbocycles. The second-order valence-corrected chi connectivity index (χ2v) is 7.18. The van der Waals surface area contributed by atoms with E-state index >= 15 is 0 Å². The van der Waals surface area contributed by atoms with E-state index in [0.29, 0.717) is 41.2 Å². The topological polar surface area (TPSA) is 108 Å². The van der Waals surface area contributed by atoms with Gasteiger partial charge < -0.3 is 14.5 Å². The number of hydrogen-bond donors (Lipinski definition) is 1. The number of hydrogen-bond acceptors (Lipinski definition) is 7.